The van der Waals surface area contributed by atoms with E-state index in [0.29, 0.717) is 5.56 Å². The van der Waals surface area contributed by atoms with E-state index in [9.17, 15) is 4.79 Å². The molecule has 1 heterocycles. The Hall–Kier alpha value is -1.81. The Morgan fingerprint density at radius 3 is 2.55 bits per heavy atom. The second-order valence-corrected chi connectivity index (χ2v) is 5.77. The Balaban J connectivity index is 2.31. The van der Waals surface area contributed by atoms with Crippen molar-refractivity contribution in [3.05, 3.63) is 35.6 Å². The van der Waals surface area contributed by atoms with Crippen molar-refractivity contribution in [3.8, 4) is 0 Å². The van der Waals surface area contributed by atoms with Crippen molar-refractivity contribution in [1.82, 2.24) is 0 Å². The van der Waals surface area contributed by atoms with Crippen LogP contribution in [0, 0.1) is 0 Å². The molecule has 108 valence electrons. The van der Waals surface area contributed by atoms with Crippen molar-refractivity contribution in [1.29, 1.82) is 0 Å². The third kappa shape index (κ3) is 3.20. The van der Waals surface area contributed by atoms with E-state index in [4.69, 9.17) is 13.9 Å². The number of methoxy groups -OCH3 is 1. The van der Waals surface area contributed by atoms with Crippen LogP contribution in [0.1, 0.15) is 49.9 Å². The van der Waals surface area contributed by atoms with Crippen LogP contribution in [0.15, 0.2) is 28.7 Å². The molecule has 0 aliphatic heterocycles. The standard InChI is InChI=1S/C16H20O4/c1-10(20-16(2,3)4)14-9-12-8-11(15(17)18-5)6-7-13(12)19-14/h6-10H,1-5H3/t10-/m1/s1. The van der Waals surface area contributed by atoms with Gasteiger partial charge in [0, 0.05) is 5.39 Å². The maximum absolute atomic E-state index is 11.5. The van der Waals surface area contributed by atoms with E-state index in [1.54, 1.807) is 18.2 Å². The molecule has 2 rings (SSSR count). The largest absolute Gasteiger partial charge is 0.465 e. The van der Waals surface area contributed by atoms with E-state index < -0.39 is 0 Å². The number of ether oxygens (including phenoxy) is 2. The lowest BCUT2D eigenvalue weighted by Gasteiger charge is -2.23. The second kappa shape index (κ2) is 5.29. The predicted molar refractivity (Wildman–Crippen MR) is 76.8 cm³/mol. The summed E-state index contributed by atoms with van der Waals surface area (Å²) < 4.78 is 16.3. The van der Waals surface area contributed by atoms with Crippen LogP contribution in [-0.4, -0.2) is 18.7 Å². The van der Waals surface area contributed by atoms with Crippen LogP contribution in [0.25, 0.3) is 11.0 Å². The average Bonchev–Trinajstić information content (AvgIpc) is 2.78. The van der Waals surface area contributed by atoms with E-state index in [1.165, 1.54) is 7.11 Å². The van der Waals surface area contributed by atoms with Gasteiger partial charge < -0.3 is 13.9 Å². The number of esters is 1. The second-order valence-electron chi connectivity index (χ2n) is 5.77. The summed E-state index contributed by atoms with van der Waals surface area (Å²) >= 11 is 0. The van der Waals surface area contributed by atoms with Crippen LogP contribution < -0.4 is 0 Å². The van der Waals surface area contributed by atoms with Crippen LogP contribution in [0.3, 0.4) is 0 Å². The normalized spacial score (nSPS) is 13.4. The summed E-state index contributed by atoms with van der Waals surface area (Å²) in [4.78, 5) is 11.5. The molecule has 0 spiro atoms. The first-order valence-corrected chi connectivity index (χ1v) is 6.60. The van der Waals surface area contributed by atoms with Crippen LogP contribution in [0.4, 0.5) is 0 Å². The van der Waals surface area contributed by atoms with Gasteiger partial charge in [-0.3, -0.25) is 0 Å². The summed E-state index contributed by atoms with van der Waals surface area (Å²) in [7, 11) is 1.37. The quantitative estimate of drug-likeness (QED) is 0.792. The summed E-state index contributed by atoms with van der Waals surface area (Å²) in [5.74, 6) is 0.394. The first kappa shape index (κ1) is 14.6. The van der Waals surface area contributed by atoms with Gasteiger partial charge in [0.1, 0.15) is 17.4 Å². The molecule has 1 aromatic carbocycles. The van der Waals surface area contributed by atoms with Crippen molar-refractivity contribution in [2.24, 2.45) is 0 Å². The van der Waals surface area contributed by atoms with Gasteiger partial charge in [0.15, 0.2) is 0 Å². The molecular weight excluding hydrogens is 256 g/mol. The molecule has 0 bridgehead atoms. The summed E-state index contributed by atoms with van der Waals surface area (Å²) in [6.07, 6.45) is -0.149. The molecule has 2 aromatic rings. The molecule has 0 aliphatic carbocycles. The fourth-order valence-electron chi connectivity index (χ4n) is 2.10. The van der Waals surface area contributed by atoms with E-state index in [-0.39, 0.29) is 17.7 Å². The van der Waals surface area contributed by atoms with Gasteiger partial charge in [0.2, 0.25) is 0 Å². The van der Waals surface area contributed by atoms with Crippen molar-refractivity contribution >= 4 is 16.9 Å². The molecule has 1 atom stereocenters. The van der Waals surface area contributed by atoms with Crippen molar-refractivity contribution < 1.29 is 18.7 Å². The van der Waals surface area contributed by atoms with Gasteiger partial charge in [-0.1, -0.05) is 0 Å². The number of rotatable bonds is 3. The van der Waals surface area contributed by atoms with E-state index >= 15 is 0 Å². The molecule has 20 heavy (non-hydrogen) atoms. The number of hydrogen-bond acceptors (Lipinski definition) is 4. The van der Waals surface area contributed by atoms with Crippen molar-refractivity contribution in [2.75, 3.05) is 7.11 Å². The Bertz CT molecular complexity index is 619. The molecule has 0 saturated carbocycles. The van der Waals surface area contributed by atoms with Gasteiger partial charge >= 0.3 is 5.97 Å². The zero-order chi connectivity index (χ0) is 14.9. The molecule has 0 saturated heterocycles. The summed E-state index contributed by atoms with van der Waals surface area (Å²) in [6, 6.07) is 7.13. The summed E-state index contributed by atoms with van der Waals surface area (Å²) in [5.41, 5.74) is 1.00. The Labute approximate surface area is 118 Å². The fourth-order valence-corrected chi connectivity index (χ4v) is 2.10. The number of furan rings is 1. The number of carbonyl (C=O) groups is 1. The lowest BCUT2D eigenvalue weighted by Crippen LogP contribution is -2.20. The molecule has 4 nitrogen and oxygen atoms in total. The zero-order valence-electron chi connectivity index (χ0n) is 12.5. The maximum atomic E-state index is 11.5. The third-order valence-electron chi connectivity index (χ3n) is 2.89. The lowest BCUT2D eigenvalue weighted by molar-refractivity contribution is -0.0608. The minimum atomic E-state index is -0.353. The molecule has 4 heteroatoms. The van der Waals surface area contributed by atoms with Gasteiger partial charge in [-0.05, 0) is 52.0 Å². The number of hydrogen-bond donors (Lipinski definition) is 0. The van der Waals surface area contributed by atoms with E-state index in [1.807, 2.05) is 33.8 Å². The number of carbonyl (C=O) groups excluding carboxylic acids is 1. The van der Waals surface area contributed by atoms with Crippen LogP contribution >= 0.6 is 0 Å². The molecular formula is C16H20O4. The van der Waals surface area contributed by atoms with E-state index in [2.05, 4.69) is 0 Å². The highest BCUT2D eigenvalue weighted by Gasteiger charge is 2.20. The van der Waals surface area contributed by atoms with Crippen molar-refractivity contribution in [3.63, 3.8) is 0 Å². The maximum Gasteiger partial charge on any atom is 0.337 e. The van der Waals surface area contributed by atoms with Crippen molar-refractivity contribution in [2.45, 2.75) is 39.4 Å². The molecule has 0 radical (unpaired) electrons. The van der Waals surface area contributed by atoms with Gasteiger partial charge in [0.25, 0.3) is 0 Å². The van der Waals surface area contributed by atoms with Crippen LogP contribution in [-0.2, 0) is 9.47 Å². The van der Waals surface area contributed by atoms with Crippen LogP contribution in [0.5, 0.6) is 0 Å². The summed E-state index contributed by atoms with van der Waals surface area (Å²) in [5, 5.41) is 0.868. The minimum absolute atomic E-state index is 0.149. The molecule has 0 fully saturated rings. The van der Waals surface area contributed by atoms with Gasteiger partial charge in [-0.2, -0.15) is 0 Å². The molecule has 0 N–H and O–H groups in total. The fraction of sp³-hybridized carbons (Fsp3) is 0.438. The monoisotopic (exact) mass is 276 g/mol. The lowest BCUT2D eigenvalue weighted by atomic mass is 10.1. The topological polar surface area (TPSA) is 48.7 Å². The van der Waals surface area contributed by atoms with Crippen LogP contribution in [0.2, 0.25) is 0 Å². The summed E-state index contributed by atoms with van der Waals surface area (Å²) in [6.45, 7) is 7.95. The smallest absolute Gasteiger partial charge is 0.337 e. The Morgan fingerprint density at radius 1 is 1.25 bits per heavy atom. The van der Waals surface area contributed by atoms with E-state index in [0.717, 1.165) is 16.7 Å². The molecule has 0 amide bonds. The Morgan fingerprint density at radius 2 is 1.95 bits per heavy atom. The zero-order valence-corrected chi connectivity index (χ0v) is 12.5. The third-order valence-corrected chi connectivity index (χ3v) is 2.89. The highest BCUT2D eigenvalue weighted by molar-refractivity contribution is 5.94. The number of fused-ring (bicyclic) bond motifs is 1. The van der Waals surface area contributed by atoms with Gasteiger partial charge in [-0.25, -0.2) is 4.79 Å². The molecule has 1 aromatic heterocycles. The molecule has 0 aliphatic rings. The highest BCUT2D eigenvalue weighted by atomic mass is 16.5. The first-order chi connectivity index (χ1) is 9.30. The predicted octanol–water partition coefficient (Wildman–Crippen LogP) is 4.10. The highest BCUT2D eigenvalue weighted by Crippen LogP contribution is 2.29. The van der Waals surface area contributed by atoms with Gasteiger partial charge in [-0.15, -0.1) is 0 Å². The molecule has 0 unspecified atom stereocenters. The average molecular weight is 276 g/mol. The minimum Gasteiger partial charge on any atom is -0.465 e. The van der Waals surface area contributed by atoms with Gasteiger partial charge in [0.05, 0.1) is 18.3 Å². The first-order valence-electron chi connectivity index (χ1n) is 6.60. The SMILES string of the molecule is COC(=O)c1ccc2oc([C@@H](C)OC(C)(C)C)cc2c1. The number of benzene rings is 1. The Kier molecular flexibility index (Phi) is 3.86.